The second-order valence-corrected chi connectivity index (χ2v) is 7.95. The van der Waals surface area contributed by atoms with Gasteiger partial charge in [-0.2, -0.15) is 0 Å². The van der Waals surface area contributed by atoms with Crippen molar-refractivity contribution >= 4 is 52.7 Å². The molecule has 150 valence electrons. The standard InChI is InChI=1S/C21H19NO5S2/c1-14-3-7-17(8-4-14)20(26)27-18-9-5-16(6-10-18)11-15(2)29-21(28)22(13-23)12-19(24)25/h3-11,13H,12H2,1-2H3,(H,24,25)/b15-11-. The highest BCUT2D eigenvalue weighted by Gasteiger charge is 2.13. The zero-order valence-corrected chi connectivity index (χ0v) is 17.5. The number of esters is 1. The van der Waals surface area contributed by atoms with Gasteiger partial charge in [0.25, 0.3) is 0 Å². The molecule has 1 N–H and O–H groups in total. The fourth-order valence-corrected chi connectivity index (χ4v) is 3.44. The Morgan fingerprint density at radius 3 is 2.31 bits per heavy atom. The predicted octanol–water partition coefficient (Wildman–Crippen LogP) is 4.14. The van der Waals surface area contributed by atoms with E-state index in [0.717, 1.165) is 32.7 Å². The third-order valence-electron chi connectivity index (χ3n) is 3.66. The van der Waals surface area contributed by atoms with Gasteiger partial charge in [0.05, 0.1) is 5.56 Å². The summed E-state index contributed by atoms with van der Waals surface area (Å²) in [6, 6.07) is 14.0. The molecule has 29 heavy (non-hydrogen) atoms. The summed E-state index contributed by atoms with van der Waals surface area (Å²) in [4.78, 5) is 35.6. The Bertz CT molecular complexity index is 937. The number of thiocarbonyl (C=S) groups is 1. The average molecular weight is 430 g/mol. The Morgan fingerprint density at radius 1 is 1.14 bits per heavy atom. The maximum atomic E-state index is 12.2. The highest BCUT2D eigenvalue weighted by Crippen LogP contribution is 2.23. The number of benzene rings is 2. The van der Waals surface area contributed by atoms with Gasteiger partial charge in [0.1, 0.15) is 16.6 Å². The highest BCUT2D eigenvalue weighted by atomic mass is 32.2. The van der Waals surface area contributed by atoms with Crippen LogP contribution < -0.4 is 4.74 Å². The third-order valence-corrected chi connectivity index (χ3v) is 5.00. The van der Waals surface area contributed by atoms with Gasteiger partial charge >= 0.3 is 11.9 Å². The minimum atomic E-state index is -1.14. The molecule has 2 aromatic rings. The Morgan fingerprint density at radius 2 is 1.76 bits per heavy atom. The van der Waals surface area contributed by atoms with E-state index in [0.29, 0.717) is 17.7 Å². The lowest BCUT2D eigenvalue weighted by Crippen LogP contribution is -2.31. The van der Waals surface area contributed by atoms with E-state index in [1.807, 2.05) is 25.1 Å². The van der Waals surface area contributed by atoms with Crippen molar-refractivity contribution in [3.8, 4) is 5.75 Å². The summed E-state index contributed by atoms with van der Waals surface area (Å²) in [5, 5.41) is 8.79. The fraction of sp³-hybridized carbons (Fsp3) is 0.143. The van der Waals surface area contributed by atoms with Crippen molar-refractivity contribution in [2.45, 2.75) is 13.8 Å². The first kappa shape index (κ1) is 22.3. The molecule has 0 bridgehead atoms. The van der Waals surface area contributed by atoms with Crippen molar-refractivity contribution in [1.82, 2.24) is 4.90 Å². The predicted molar refractivity (Wildman–Crippen MR) is 117 cm³/mol. The van der Waals surface area contributed by atoms with Crippen molar-refractivity contribution in [1.29, 1.82) is 0 Å². The normalized spacial score (nSPS) is 10.9. The molecule has 0 aliphatic carbocycles. The van der Waals surface area contributed by atoms with Gasteiger partial charge in [-0.25, -0.2) is 4.79 Å². The zero-order chi connectivity index (χ0) is 21.4. The van der Waals surface area contributed by atoms with E-state index in [1.165, 1.54) is 0 Å². The minimum absolute atomic E-state index is 0.153. The smallest absolute Gasteiger partial charge is 0.343 e. The molecule has 0 unspecified atom stereocenters. The summed E-state index contributed by atoms with van der Waals surface area (Å²) in [6.45, 7) is 3.26. The van der Waals surface area contributed by atoms with Crippen LogP contribution in [-0.2, 0) is 9.59 Å². The molecule has 0 fully saturated rings. The van der Waals surface area contributed by atoms with Gasteiger partial charge in [0.15, 0.2) is 0 Å². The summed E-state index contributed by atoms with van der Waals surface area (Å²) in [7, 11) is 0. The Balaban J connectivity index is 1.99. The monoisotopic (exact) mass is 429 g/mol. The number of thioether (sulfide) groups is 1. The lowest BCUT2D eigenvalue weighted by atomic mass is 10.1. The van der Waals surface area contributed by atoms with Gasteiger partial charge in [-0.3, -0.25) is 14.5 Å². The summed E-state index contributed by atoms with van der Waals surface area (Å²) in [5.74, 6) is -1.16. The van der Waals surface area contributed by atoms with Crippen molar-refractivity contribution in [3.05, 3.63) is 70.1 Å². The molecule has 0 spiro atoms. The van der Waals surface area contributed by atoms with Gasteiger partial charge < -0.3 is 9.84 Å². The number of nitrogens with zero attached hydrogens (tertiary/aromatic N) is 1. The number of ether oxygens (including phenoxy) is 1. The molecule has 0 aromatic heterocycles. The number of allylic oxidation sites excluding steroid dienone is 1. The fourth-order valence-electron chi connectivity index (χ4n) is 2.24. The van der Waals surface area contributed by atoms with Gasteiger partial charge in [0, 0.05) is 0 Å². The number of aliphatic carboxylic acids is 1. The van der Waals surface area contributed by atoms with Gasteiger partial charge in [-0.15, -0.1) is 0 Å². The number of carboxylic acid groups (broad SMARTS) is 1. The molecule has 2 rings (SSSR count). The molecule has 6 nitrogen and oxygen atoms in total. The third kappa shape index (κ3) is 7.17. The SMILES string of the molecule is C/C(=C/c1ccc(OC(=O)c2ccc(C)cc2)cc1)SC(=S)N(C=O)CC(=O)O. The van der Waals surface area contributed by atoms with E-state index in [2.05, 4.69) is 0 Å². The van der Waals surface area contributed by atoms with Crippen LogP contribution in [0.3, 0.4) is 0 Å². The Kier molecular flexibility index (Phi) is 8.11. The van der Waals surface area contributed by atoms with Crippen LogP contribution in [-0.4, -0.2) is 39.2 Å². The van der Waals surface area contributed by atoms with Crippen LogP contribution in [0.2, 0.25) is 0 Å². The topological polar surface area (TPSA) is 83.9 Å². The largest absolute Gasteiger partial charge is 0.480 e. The van der Waals surface area contributed by atoms with E-state index in [-0.39, 0.29) is 4.32 Å². The summed E-state index contributed by atoms with van der Waals surface area (Å²) in [6.07, 6.45) is 2.22. The van der Waals surface area contributed by atoms with Crippen LogP contribution in [0.4, 0.5) is 0 Å². The molecule has 0 aliphatic heterocycles. The molecule has 0 saturated heterocycles. The lowest BCUT2D eigenvalue weighted by molar-refractivity contribution is -0.139. The van der Waals surface area contributed by atoms with Crippen LogP contribution in [0.5, 0.6) is 5.75 Å². The second-order valence-electron chi connectivity index (χ2n) is 6.07. The highest BCUT2D eigenvalue weighted by molar-refractivity contribution is 8.25. The van der Waals surface area contributed by atoms with E-state index in [9.17, 15) is 14.4 Å². The van der Waals surface area contributed by atoms with Gasteiger partial charge in [-0.05, 0) is 54.7 Å². The first-order valence-electron chi connectivity index (χ1n) is 8.51. The Labute approximate surface area is 178 Å². The Hall–Kier alpha value is -2.97. The number of carboxylic acids is 1. The number of carbonyl (C=O) groups excluding carboxylic acids is 2. The average Bonchev–Trinajstić information content (AvgIpc) is 2.67. The van der Waals surface area contributed by atoms with Gasteiger partial charge in [-0.1, -0.05) is 53.8 Å². The summed E-state index contributed by atoms with van der Waals surface area (Å²) >= 11 is 6.23. The van der Waals surface area contributed by atoms with E-state index in [1.54, 1.807) is 43.3 Å². The van der Waals surface area contributed by atoms with Gasteiger partial charge in [0.2, 0.25) is 6.41 Å². The van der Waals surface area contributed by atoms with Crippen LogP contribution >= 0.6 is 24.0 Å². The number of aryl methyl sites for hydroxylation is 1. The minimum Gasteiger partial charge on any atom is -0.480 e. The van der Waals surface area contributed by atoms with Crippen molar-refractivity contribution in [2.75, 3.05) is 6.54 Å². The molecular formula is C21H19NO5S2. The van der Waals surface area contributed by atoms with E-state index >= 15 is 0 Å². The second kappa shape index (κ2) is 10.5. The molecular weight excluding hydrogens is 410 g/mol. The number of carbonyl (C=O) groups is 3. The van der Waals surface area contributed by atoms with Crippen LogP contribution in [0.1, 0.15) is 28.4 Å². The lowest BCUT2D eigenvalue weighted by Gasteiger charge is -2.15. The molecule has 0 aliphatic rings. The van der Waals surface area contributed by atoms with Crippen molar-refractivity contribution < 1.29 is 24.2 Å². The number of hydrogen-bond donors (Lipinski definition) is 1. The van der Waals surface area contributed by atoms with Crippen LogP contribution in [0, 0.1) is 6.92 Å². The number of hydrogen-bond acceptors (Lipinski definition) is 6. The number of rotatable bonds is 7. The maximum Gasteiger partial charge on any atom is 0.343 e. The van der Waals surface area contributed by atoms with Crippen LogP contribution in [0.25, 0.3) is 6.08 Å². The van der Waals surface area contributed by atoms with E-state index in [4.69, 9.17) is 22.1 Å². The first-order valence-corrected chi connectivity index (χ1v) is 9.73. The quantitative estimate of drug-likeness (QED) is 0.306. The molecule has 2 aromatic carbocycles. The summed E-state index contributed by atoms with van der Waals surface area (Å²) in [5.41, 5.74) is 2.37. The number of amides is 1. The zero-order valence-electron chi connectivity index (χ0n) is 15.8. The molecule has 8 heteroatoms. The van der Waals surface area contributed by atoms with Crippen LogP contribution in [0.15, 0.2) is 53.4 Å². The van der Waals surface area contributed by atoms with Crippen molar-refractivity contribution in [2.24, 2.45) is 0 Å². The molecule has 1 amide bonds. The maximum absolute atomic E-state index is 12.2. The molecule has 0 heterocycles. The molecule has 0 saturated carbocycles. The summed E-state index contributed by atoms with van der Waals surface area (Å²) < 4.78 is 5.51. The van der Waals surface area contributed by atoms with E-state index < -0.39 is 18.5 Å². The molecule has 0 radical (unpaired) electrons. The molecule has 0 atom stereocenters. The van der Waals surface area contributed by atoms with Crippen molar-refractivity contribution in [3.63, 3.8) is 0 Å². The first-order chi connectivity index (χ1) is 13.8.